The van der Waals surface area contributed by atoms with Crippen molar-refractivity contribution in [2.24, 2.45) is 0 Å². The summed E-state index contributed by atoms with van der Waals surface area (Å²) >= 11 is 0. The number of nitrogens with zero attached hydrogens (tertiary/aromatic N) is 1. The lowest BCUT2D eigenvalue weighted by molar-refractivity contribution is 0.0649. The van der Waals surface area contributed by atoms with Crippen LogP contribution in [0.25, 0.3) is 0 Å². The van der Waals surface area contributed by atoms with Crippen LogP contribution in [0.1, 0.15) is 41.5 Å². The van der Waals surface area contributed by atoms with Crippen molar-refractivity contribution in [2.45, 2.75) is 59.7 Å². The van der Waals surface area contributed by atoms with Gasteiger partial charge in [0.1, 0.15) is 8.24 Å². The third-order valence-corrected chi connectivity index (χ3v) is 13.4. The van der Waals surface area contributed by atoms with Crippen LogP contribution in [-0.4, -0.2) is 54.6 Å². The second-order valence-electron chi connectivity index (χ2n) is 5.12. The lowest BCUT2D eigenvalue weighted by Crippen LogP contribution is -2.61. The van der Waals surface area contributed by atoms with E-state index >= 15 is 0 Å². The fourth-order valence-electron chi connectivity index (χ4n) is 2.94. The minimum atomic E-state index is -2.56. The molecule has 0 fully saturated rings. The van der Waals surface area contributed by atoms with Gasteiger partial charge in [-0.15, -0.1) is 0 Å². The minimum absolute atomic E-state index is 0.652. The van der Waals surface area contributed by atoms with Crippen LogP contribution in [0.2, 0.25) is 18.1 Å². The molecule has 122 valence electrons. The first-order valence-electron chi connectivity index (χ1n) is 8.12. The van der Waals surface area contributed by atoms with E-state index < -0.39 is 17.0 Å². The van der Waals surface area contributed by atoms with Crippen LogP contribution in [0.4, 0.5) is 0 Å². The van der Waals surface area contributed by atoms with E-state index in [9.17, 15) is 0 Å². The molecule has 0 unspecified atom stereocenters. The molecule has 0 heterocycles. The lowest BCUT2D eigenvalue weighted by atomic mass is 10.9. The van der Waals surface area contributed by atoms with Crippen molar-refractivity contribution >= 4 is 17.0 Å². The van der Waals surface area contributed by atoms with Gasteiger partial charge in [0, 0.05) is 19.8 Å². The molecule has 0 atom stereocenters. The van der Waals surface area contributed by atoms with Crippen LogP contribution in [0.3, 0.4) is 0 Å². The first kappa shape index (κ1) is 20.3. The van der Waals surface area contributed by atoms with Crippen molar-refractivity contribution in [2.75, 3.05) is 33.0 Å². The van der Waals surface area contributed by atoms with E-state index in [4.69, 9.17) is 13.3 Å². The standard InChI is InChI=1S/C14H35NO3Si2/c1-8-16-20(17-9-2,18-10-3)14-15(7)19(11-4,12-5)13-6/h8-14H2,1-7H3. The minimum Gasteiger partial charge on any atom is -0.373 e. The topological polar surface area (TPSA) is 30.9 Å². The highest BCUT2D eigenvalue weighted by molar-refractivity contribution is 6.78. The SMILES string of the molecule is CCO[Si](CN(C)[Si](CC)(CC)CC)(OCC)OCC. The van der Waals surface area contributed by atoms with Crippen LogP contribution in [0.15, 0.2) is 0 Å². The molecule has 4 nitrogen and oxygen atoms in total. The van der Waals surface area contributed by atoms with Gasteiger partial charge in [-0.1, -0.05) is 20.8 Å². The summed E-state index contributed by atoms with van der Waals surface area (Å²) in [5.41, 5.74) is 0. The van der Waals surface area contributed by atoms with Crippen LogP contribution in [-0.2, 0) is 13.3 Å². The quantitative estimate of drug-likeness (QED) is 0.515. The Hall–Kier alpha value is 0.274. The van der Waals surface area contributed by atoms with Crippen molar-refractivity contribution in [3.05, 3.63) is 0 Å². The van der Waals surface area contributed by atoms with Crippen molar-refractivity contribution in [3.63, 3.8) is 0 Å². The molecule has 0 rings (SSSR count). The zero-order valence-corrected chi connectivity index (χ0v) is 16.6. The summed E-state index contributed by atoms with van der Waals surface area (Å²) < 4.78 is 20.5. The Bertz CT molecular complexity index is 225. The van der Waals surface area contributed by atoms with Gasteiger partial charge in [0.2, 0.25) is 0 Å². The first-order valence-corrected chi connectivity index (χ1v) is 12.6. The molecule has 0 bridgehead atoms. The monoisotopic (exact) mass is 321 g/mol. The summed E-state index contributed by atoms with van der Waals surface area (Å²) in [6.45, 7) is 15.0. The van der Waals surface area contributed by atoms with Crippen LogP contribution < -0.4 is 0 Å². The third kappa shape index (κ3) is 5.23. The molecule has 0 aromatic heterocycles. The number of hydrogen-bond acceptors (Lipinski definition) is 4. The molecular formula is C14H35NO3Si2. The Morgan fingerprint density at radius 3 is 1.30 bits per heavy atom. The lowest BCUT2D eigenvalue weighted by Gasteiger charge is -2.42. The van der Waals surface area contributed by atoms with E-state index in [0.29, 0.717) is 19.8 Å². The molecule has 0 saturated heterocycles. The van der Waals surface area contributed by atoms with Gasteiger partial charge in [0.15, 0.2) is 0 Å². The maximum atomic E-state index is 5.98. The number of rotatable bonds is 12. The molecular weight excluding hydrogens is 286 g/mol. The molecule has 0 amide bonds. The molecule has 20 heavy (non-hydrogen) atoms. The van der Waals surface area contributed by atoms with Gasteiger partial charge < -0.3 is 17.8 Å². The van der Waals surface area contributed by atoms with E-state index in [-0.39, 0.29) is 0 Å². The largest absolute Gasteiger partial charge is 0.515 e. The van der Waals surface area contributed by atoms with Gasteiger partial charge >= 0.3 is 8.80 Å². The third-order valence-electron chi connectivity index (χ3n) is 4.31. The van der Waals surface area contributed by atoms with Gasteiger partial charge in [0.25, 0.3) is 0 Å². The molecule has 6 heteroatoms. The van der Waals surface area contributed by atoms with Crippen molar-refractivity contribution in [1.82, 2.24) is 4.57 Å². The maximum absolute atomic E-state index is 5.98. The molecule has 0 aliphatic rings. The Balaban J connectivity index is 5.10. The average Bonchev–Trinajstić information content (AvgIpc) is 2.42. The summed E-state index contributed by atoms with van der Waals surface area (Å²) in [6.07, 6.45) is 0.824. The highest BCUT2D eigenvalue weighted by Crippen LogP contribution is 2.25. The summed E-state index contributed by atoms with van der Waals surface area (Å²) in [5.74, 6) is 0. The Labute approximate surface area is 128 Å². The van der Waals surface area contributed by atoms with E-state index in [1.54, 1.807) is 0 Å². The Morgan fingerprint density at radius 1 is 0.700 bits per heavy atom. The van der Waals surface area contributed by atoms with Crippen molar-refractivity contribution in [1.29, 1.82) is 0 Å². The molecule has 0 spiro atoms. The zero-order chi connectivity index (χ0) is 15.6. The molecule has 0 saturated carbocycles. The molecule has 0 aromatic rings. The summed E-state index contributed by atoms with van der Waals surface area (Å²) in [5, 5.41) is 0. The van der Waals surface area contributed by atoms with Crippen LogP contribution >= 0.6 is 0 Å². The molecule has 0 N–H and O–H groups in total. The van der Waals surface area contributed by atoms with E-state index in [1.807, 2.05) is 20.8 Å². The van der Waals surface area contributed by atoms with Gasteiger partial charge in [-0.05, 0) is 46.0 Å². The van der Waals surface area contributed by atoms with Gasteiger partial charge in [0.05, 0.1) is 6.17 Å². The normalized spacial score (nSPS) is 13.2. The maximum Gasteiger partial charge on any atom is 0.515 e. The van der Waals surface area contributed by atoms with Gasteiger partial charge in [-0.2, -0.15) is 0 Å². The molecule has 0 aliphatic heterocycles. The zero-order valence-electron chi connectivity index (χ0n) is 14.6. The summed E-state index contributed by atoms with van der Waals surface area (Å²) in [4.78, 5) is 0. The van der Waals surface area contributed by atoms with Crippen LogP contribution in [0, 0.1) is 0 Å². The fraction of sp³-hybridized carbons (Fsp3) is 1.00. The van der Waals surface area contributed by atoms with Gasteiger partial charge in [-0.3, -0.25) is 0 Å². The highest BCUT2D eigenvalue weighted by atomic mass is 28.4. The Kier molecular flexibility index (Phi) is 10.2. The molecule has 0 radical (unpaired) electrons. The average molecular weight is 322 g/mol. The van der Waals surface area contributed by atoms with Crippen molar-refractivity contribution < 1.29 is 13.3 Å². The van der Waals surface area contributed by atoms with Crippen LogP contribution in [0.5, 0.6) is 0 Å². The molecule has 0 aliphatic carbocycles. The van der Waals surface area contributed by atoms with Gasteiger partial charge in [-0.25, -0.2) is 0 Å². The predicted molar refractivity (Wildman–Crippen MR) is 90.5 cm³/mol. The summed E-state index contributed by atoms with van der Waals surface area (Å²) in [6, 6.07) is 3.81. The van der Waals surface area contributed by atoms with E-state index in [2.05, 4.69) is 32.4 Å². The fourth-order valence-corrected chi connectivity index (χ4v) is 10.4. The Morgan fingerprint density at radius 2 is 1.05 bits per heavy atom. The summed E-state index contributed by atoms with van der Waals surface area (Å²) in [7, 11) is -1.71. The van der Waals surface area contributed by atoms with Crippen molar-refractivity contribution in [3.8, 4) is 0 Å². The second-order valence-corrected chi connectivity index (χ2v) is 13.0. The smallest absolute Gasteiger partial charge is 0.373 e. The predicted octanol–water partition coefficient (Wildman–Crippen LogP) is 3.51. The first-order chi connectivity index (χ1) is 9.49. The van der Waals surface area contributed by atoms with E-state index in [0.717, 1.165) is 6.17 Å². The van der Waals surface area contributed by atoms with E-state index in [1.165, 1.54) is 18.1 Å². The number of hydrogen-bond donors (Lipinski definition) is 0. The molecule has 0 aromatic carbocycles. The highest BCUT2D eigenvalue weighted by Gasteiger charge is 2.45. The second kappa shape index (κ2) is 10.1.